The van der Waals surface area contributed by atoms with Gasteiger partial charge in [-0.3, -0.25) is 4.79 Å². The van der Waals surface area contributed by atoms with Gasteiger partial charge in [0.1, 0.15) is 19.0 Å². The van der Waals surface area contributed by atoms with Gasteiger partial charge in [0.05, 0.1) is 4.47 Å². The van der Waals surface area contributed by atoms with Gasteiger partial charge in [0.15, 0.2) is 11.5 Å². The molecule has 3 rings (SSSR count). The van der Waals surface area contributed by atoms with Crippen LogP contribution in [0.4, 0.5) is 10.1 Å². The molecule has 0 bridgehead atoms. The first-order valence-electron chi connectivity index (χ1n) is 6.29. The summed E-state index contributed by atoms with van der Waals surface area (Å²) in [6, 6.07) is 9.26. The van der Waals surface area contributed by atoms with Crippen LogP contribution in [0.3, 0.4) is 0 Å². The molecule has 0 fully saturated rings. The van der Waals surface area contributed by atoms with Gasteiger partial charge in [-0.1, -0.05) is 0 Å². The zero-order valence-electron chi connectivity index (χ0n) is 10.9. The first-order chi connectivity index (χ1) is 10.1. The lowest BCUT2D eigenvalue weighted by atomic mass is 10.2. The Kier molecular flexibility index (Phi) is 3.79. The van der Waals surface area contributed by atoms with E-state index in [1.807, 2.05) is 0 Å². The fraction of sp³-hybridized carbons (Fsp3) is 0.133. The molecule has 4 nitrogen and oxygen atoms in total. The molecule has 0 aromatic heterocycles. The Hall–Kier alpha value is -2.08. The minimum absolute atomic E-state index is 0.248. The van der Waals surface area contributed by atoms with Crippen LogP contribution >= 0.6 is 15.9 Å². The molecule has 1 aliphatic rings. The third-order valence-electron chi connectivity index (χ3n) is 2.98. The maximum Gasteiger partial charge on any atom is 0.255 e. The summed E-state index contributed by atoms with van der Waals surface area (Å²) in [5.74, 6) is 0.515. The third-order valence-corrected chi connectivity index (χ3v) is 3.59. The summed E-state index contributed by atoms with van der Waals surface area (Å²) in [6.07, 6.45) is 0. The summed E-state index contributed by atoms with van der Waals surface area (Å²) in [5, 5.41) is 2.74. The van der Waals surface area contributed by atoms with Crippen molar-refractivity contribution in [3.8, 4) is 11.5 Å². The number of rotatable bonds is 2. The van der Waals surface area contributed by atoms with E-state index < -0.39 is 5.82 Å². The van der Waals surface area contributed by atoms with Crippen molar-refractivity contribution in [3.05, 3.63) is 52.3 Å². The Bertz CT molecular complexity index is 705. The predicted molar refractivity (Wildman–Crippen MR) is 79.5 cm³/mol. The van der Waals surface area contributed by atoms with E-state index in [2.05, 4.69) is 21.2 Å². The van der Waals surface area contributed by atoms with Gasteiger partial charge >= 0.3 is 0 Å². The van der Waals surface area contributed by atoms with Gasteiger partial charge in [0, 0.05) is 17.3 Å². The highest BCUT2D eigenvalue weighted by molar-refractivity contribution is 9.10. The fourth-order valence-electron chi connectivity index (χ4n) is 1.96. The second-order valence-corrected chi connectivity index (χ2v) is 5.30. The first kappa shape index (κ1) is 13.9. The van der Waals surface area contributed by atoms with Crippen molar-refractivity contribution in [2.75, 3.05) is 18.5 Å². The zero-order chi connectivity index (χ0) is 14.8. The van der Waals surface area contributed by atoms with Gasteiger partial charge in [-0.05, 0) is 46.3 Å². The maximum absolute atomic E-state index is 13.2. The summed E-state index contributed by atoms with van der Waals surface area (Å²) in [5.41, 5.74) is 0.947. The summed E-state index contributed by atoms with van der Waals surface area (Å²) in [6.45, 7) is 0.998. The highest BCUT2D eigenvalue weighted by Gasteiger charge is 2.14. The van der Waals surface area contributed by atoms with Crippen molar-refractivity contribution in [1.29, 1.82) is 0 Å². The van der Waals surface area contributed by atoms with Crippen LogP contribution in [-0.2, 0) is 0 Å². The Morgan fingerprint density at radius 2 is 1.86 bits per heavy atom. The average molecular weight is 352 g/mol. The monoisotopic (exact) mass is 351 g/mol. The van der Waals surface area contributed by atoms with Gasteiger partial charge in [0.2, 0.25) is 0 Å². The second-order valence-electron chi connectivity index (χ2n) is 4.44. The van der Waals surface area contributed by atoms with Crippen LogP contribution in [0, 0.1) is 5.82 Å². The molecule has 0 saturated carbocycles. The highest BCUT2D eigenvalue weighted by atomic mass is 79.9. The molecule has 1 aliphatic heterocycles. The summed E-state index contributed by atoms with van der Waals surface area (Å²) in [7, 11) is 0. The lowest BCUT2D eigenvalue weighted by Gasteiger charge is -2.19. The molecule has 0 spiro atoms. The van der Waals surface area contributed by atoms with Crippen LogP contribution in [0.2, 0.25) is 0 Å². The van der Waals surface area contributed by atoms with Crippen LogP contribution in [0.5, 0.6) is 11.5 Å². The largest absolute Gasteiger partial charge is 0.486 e. The molecule has 1 N–H and O–H groups in total. The van der Waals surface area contributed by atoms with Crippen LogP contribution < -0.4 is 14.8 Å². The molecule has 0 atom stereocenters. The van der Waals surface area contributed by atoms with Gasteiger partial charge < -0.3 is 14.8 Å². The average Bonchev–Trinajstić information content (AvgIpc) is 2.50. The quantitative estimate of drug-likeness (QED) is 0.898. The van der Waals surface area contributed by atoms with E-state index in [-0.39, 0.29) is 10.4 Å². The molecule has 2 aromatic carbocycles. The van der Waals surface area contributed by atoms with Crippen LogP contribution in [-0.4, -0.2) is 19.1 Å². The van der Waals surface area contributed by atoms with E-state index >= 15 is 0 Å². The molecule has 0 unspecified atom stereocenters. The number of carbonyl (C=O) groups is 1. The normalized spacial score (nSPS) is 12.9. The number of halogens is 2. The van der Waals surface area contributed by atoms with E-state index in [0.717, 1.165) is 0 Å². The summed E-state index contributed by atoms with van der Waals surface area (Å²) >= 11 is 3.06. The van der Waals surface area contributed by atoms with Crippen molar-refractivity contribution in [2.24, 2.45) is 0 Å². The van der Waals surface area contributed by atoms with E-state index in [1.54, 1.807) is 18.2 Å². The second kappa shape index (κ2) is 5.73. The molecule has 6 heteroatoms. The standard InChI is InChI=1S/C15H11BrFNO3/c16-11-7-9(1-3-12(11)17)15(19)18-10-2-4-13-14(8-10)21-6-5-20-13/h1-4,7-8H,5-6H2,(H,18,19). The number of hydrogen-bond donors (Lipinski definition) is 1. The number of anilines is 1. The van der Waals surface area contributed by atoms with E-state index in [1.165, 1.54) is 18.2 Å². The maximum atomic E-state index is 13.2. The predicted octanol–water partition coefficient (Wildman–Crippen LogP) is 3.61. The molecule has 21 heavy (non-hydrogen) atoms. The number of ether oxygens (including phenoxy) is 2. The van der Waals surface area contributed by atoms with Crippen molar-refractivity contribution in [1.82, 2.24) is 0 Å². The molecule has 1 amide bonds. The minimum atomic E-state index is -0.411. The van der Waals surface area contributed by atoms with E-state index in [4.69, 9.17) is 9.47 Å². The van der Waals surface area contributed by atoms with Crippen molar-refractivity contribution >= 4 is 27.5 Å². The number of carbonyl (C=O) groups excluding carboxylic acids is 1. The Balaban J connectivity index is 1.79. The minimum Gasteiger partial charge on any atom is -0.486 e. The molecule has 2 aromatic rings. The van der Waals surface area contributed by atoms with Crippen LogP contribution in [0.15, 0.2) is 40.9 Å². The van der Waals surface area contributed by atoms with Crippen LogP contribution in [0.25, 0.3) is 0 Å². The number of hydrogen-bond acceptors (Lipinski definition) is 3. The molecule has 0 aliphatic carbocycles. The first-order valence-corrected chi connectivity index (χ1v) is 7.09. The molecular formula is C15H11BrFNO3. The molecule has 0 radical (unpaired) electrons. The van der Waals surface area contributed by atoms with E-state index in [0.29, 0.717) is 36.0 Å². The zero-order valence-corrected chi connectivity index (χ0v) is 12.4. The highest BCUT2D eigenvalue weighted by Crippen LogP contribution is 2.32. The number of benzene rings is 2. The number of nitrogens with one attached hydrogen (secondary N) is 1. The van der Waals surface area contributed by atoms with Crippen molar-refractivity contribution in [2.45, 2.75) is 0 Å². The van der Waals surface area contributed by atoms with Gasteiger partial charge in [-0.15, -0.1) is 0 Å². The SMILES string of the molecule is O=C(Nc1ccc2c(c1)OCCO2)c1ccc(F)c(Br)c1. The number of fused-ring (bicyclic) bond motifs is 1. The van der Waals surface area contributed by atoms with E-state index in [9.17, 15) is 9.18 Å². The van der Waals surface area contributed by atoms with Gasteiger partial charge in [-0.25, -0.2) is 4.39 Å². The lowest BCUT2D eigenvalue weighted by molar-refractivity contribution is 0.102. The fourth-order valence-corrected chi connectivity index (χ4v) is 2.34. The lowest BCUT2D eigenvalue weighted by Crippen LogP contribution is -2.16. The molecule has 108 valence electrons. The third kappa shape index (κ3) is 3.00. The summed E-state index contributed by atoms with van der Waals surface area (Å²) in [4.78, 5) is 12.1. The summed E-state index contributed by atoms with van der Waals surface area (Å²) < 4.78 is 24.3. The van der Waals surface area contributed by atoms with Crippen molar-refractivity contribution < 1.29 is 18.7 Å². The van der Waals surface area contributed by atoms with Crippen LogP contribution in [0.1, 0.15) is 10.4 Å². The topological polar surface area (TPSA) is 47.6 Å². The van der Waals surface area contributed by atoms with Crippen molar-refractivity contribution in [3.63, 3.8) is 0 Å². The Morgan fingerprint density at radius 3 is 2.62 bits per heavy atom. The Morgan fingerprint density at radius 1 is 1.10 bits per heavy atom. The Labute approximate surface area is 129 Å². The smallest absolute Gasteiger partial charge is 0.255 e. The molecular weight excluding hydrogens is 341 g/mol. The molecule has 0 saturated heterocycles. The number of amides is 1. The molecule has 1 heterocycles. The van der Waals surface area contributed by atoms with Gasteiger partial charge in [0.25, 0.3) is 5.91 Å². The van der Waals surface area contributed by atoms with Gasteiger partial charge in [-0.2, -0.15) is 0 Å².